The zero-order chi connectivity index (χ0) is 22.7. The van der Waals surface area contributed by atoms with E-state index in [2.05, 4.69) is 10.2 Å². The first-order chi connectivity index (χ1) is 15.4. The van der Waals surface area contributed by atoms with E-state index in [1.807, 2.05) is 37.3 Å². The van der Waals surface area contributed by atoms with Crippen molar-refractivity contribution in [2.75, 3.05) is 23.8 Å². The normalized spacial score (nSPS) is 17.4. The Balaban J connectivity index is 1.60. The van der Waals surface area contributed by atoms with Gasteiger partial charge < -0.3 is 4.90 Å². The predicted octanol–water partition coefficient (Wildman–Crippen LogP) is 3.20. The van der Waals surface area contributed by atoms with Crippen molar-refractivity contribution in [3.8, 4) is 17.1 Å². The lowest BCUT2D eigenvalue weighted by Gasteiger charge is -2.26. The van der Waals surface area contributed by atoms with Crippen LogP contribution in [0.2, 0.25) is 0 Å². The van der Waals surface area contributed by atoms with E-state index in [4.69, 9.17) is 0 Å². The quantitative estimate of drug-likeness (QED) is 0.489. The van der Waals surface area contributed by atoms with Gasteiger partial charge in [0.05, 0.1) is 22.8 Å². The number of carbonyl (C=O) groups is 1. The van der Waals surface area contributed by atoms with Gasteiger partial charge in [0.15, 0.2) is 20.8 Å². The number of halogens is 1. The summed E-state index contributed by atoms with van der Waals surface area (Å²) in [5.74, 6) is -0.0258. The van der Waals surface area contributed by atoms with Crippen molar-refractivity contribution in [2.24, 2.45) is 0 Å². The minimum atomic E-state index is -3.09. The minimum Gasteiger partial charge on any atom is -0.338 e. The van der Waals surface area contributed by atoms with E-state index in [0.29, 0.717) is 29.5 Å². The SMILES string of the molecule is CCN(C(=O)CSc1nnc(-c2ccccc2F)n1-c1ccccc1)[C@@H]1CCS(=O)(=O)C1. The van der Waals surface area contributed by atoms with Crippen LogP contribution in [0.3, 0.4) is 0 Å². The molecule has 32 heavy (non-hydrogen) atoms. The zero-order valence-corrected chi connectivity index (χ0v) is 19.2. The van der Waals surface area contributed by atoms with Gasteiger partial charge in [0.2, 0.25) is 5.91 Å². The summed E-state index contributed by atoms with van der Waals surface area (Å²) in [6.07, 6.45) is 0.463. The van der Waals surface area contributed by atoms with Gasteiger partial charge in [-0.3, -0.25) is 9.36 Å². The van der Waals surface area contributed by atoms with Crippen molar-refractivity contribution in [3.63, 3.8) is 0 Å². The number of benzene rings is 2. The number of hydrogen-bond donors (Lipinski definition) is 0. The monoisotopic (exact) mass is 474 g/mol. The summed E-state index contributed by atoms with van der Waals surface area (Å²) in [4.78, 5) is 14.5. The van der Waals surface area contributed by atoms with Gasteiger partial charge in [-0.15, -0.1) is 10.2 Å². The molecule has 1 fully saturated rings. The molecule has 1 aromatic heterocycles. The lowest BCUT2D eigenvalue weighted by Crippen LogP contribution is -2.42. The molecule has 1 saturated heterocycles. The highest BCUT2D eigenvalue weighted by molar-refractivity contribution is 7.99. The van der Waals surface area contributed by atoms with Crippen LogP contribution in [-0.2, 0) is 14.6 Å². The minimum absolute atomic E-state index is 0.00881. The third-order valence-electron chi connectivity index (χ3n) is 5.40. The topological polar surface area (TPSA) is 85.2 Å². The molecule has 0 N–H and O–H groups in total. The Hall–Kier alpha value is -2.72. The molecule has 3 aromatic rings. The highest BCUT2D eigenvalue weighted by Crippen LogP contribution is 2.30. The van der Waals surface area contributed by atoms with Crippen molar-refractivity contribution in [2.45, 2.75) is 24.5 Å². The summed E-state index contributed by atoms with van der Waals surface area (Å²) in [5, 5.41) is 8.90. The Kier molecular flexibility index (Phi) is 6.61. The Bertz CT molecular complexity index is 1210. The fraction of sp³-hybridized carbons (Fsp3) is 0.318. The molecule has 10 heteroatoms. The van der Waals surface area contributed by atoms with Crippen LogP contribution in [0.25, 0.3) is 17.1 Å². The second-order valence-electron chi connectivity index (χ2n) is 7.48. The summed E-state index contributed by atoms with van der Waals surface area (Å²) >= 11 is 1.20. The van der Waals surface area contributed by atoms with Crippen LogP contribution in [0.1, 0.15) is 13.3 Å². The lowest BCUT2D eigenvalue weighted by atomic mass is 10.2. The van der Waals surface area contributed by atoms with Gasteiger partial charge in [-0.2, -0.15) is 0 Å². The van der Waals surface area contributed by atoms with Crippen LogP contribution in [0, 0.1) is 5.82 Å². The molecular weight excluding hydrogens is 451 g/mol. The Morgan fingerprint density at radius 1 is 1.16 bits per heavy atom. The summed E-state index contributed by atoms with van der Waals surface area (Å²) in [6.45, 7) is 2.28. The van der Waals surface area contributed by atoms with E-state index in [1.165, 1.54) is 17.8 Å². The molecule has 1 aliphatic rings. The van der Waals surface area contributed by atoms with E-state index >= 15 is 0 Å². The van der Waals surface area contributed by atoms with E-state index < -0.39 is 15.7 Å². The maximum atomic E-state index is 14.5. The van der Waals surface area contributed by atoms with Crippen LogP contribution < -0.4 is 0 Å². The van der Waals surface area contributed by atoms with Gasteiger partial charge in [-0.1, -0.05) is 42.1 Å². The molecule has 1 atom stereocenters. The fourth-order valence-electron chi connectivity index (χ4n) is 3.86. The van der Waals surface area contributed by atoms with Crippen molar-refractivity contribution in [1.82, 2.24) is 19.7 Å². The average Bonchev–Trinajstić information content (AvgIpc) is 3.36. The van der Waals surface area contributed by atoms with Crippen molar-refractivity contribution in [3.05, 3.63) is 60.4 Å². The van der Waals surface area contributed by atoms with Crippen molar-refractivity contribution in [1.29, 1.82) is 0 Å². The molecule has 168 valence electrons. The fourth-order valence-corrected chi connectivity index (χ4v) is 6.43. The predicted molar refractivity (Wildman–Crippen MR) is 122 cm³/mol. The molecule has 0 aliphatic carbocycles. The van der Waals surface area contributed by atoms with E-state index in [0.717, 1.165) is 5.69 Å². The number of nitrogens with zero attached hydrogens (tertiary/aromatic N) is 4. The number of thioether (sulfide) groups is 1. The first-order valence-electron chi connectivity index (χ1n) is 10.3. The highest BCUT2D eigenvalue weighted by Gasteiger charge is 2.34. The molecule has 0 spiro atoms. The van der Waals surface area contributed by atoms with Crippen LogP contribution >= 0.6 is 11.8 Å². The number of sulfone groups is 1. The number of aromatic nitrogens is 3. The molecule has 1 aliphatic heterocycles. The van der Waals surface area contributed by atoms with Crippen molar-refractivity contribution < 1.29 is 17.6 Å². The number of rotatable bonds is 7. The van der Waals surface area contributed by atoms with E-state index in [1.54, 1.807) is 27.7 Å². The first-order valence-corrected chi connectivity index (χ1v) is 13.1. The molecule has 1 amide bonds. The zero-order valence-electron chi connectivity index (χ0n) is 17.5. The van der Waals surface area contributed by atoms with Crippen LogP contribution in [-0.4, -0.2) is 63.8 Å². The molecule has 4 rings (SSSR count). The van der Waals surface area contributed by atoms with Gasteiger partial charge in [-0.25, -0.2) is 12.8 Å². The number of para-hydroxylation sites is 1. The lowest BCUT2D eigenvalue weighted by molar-refractivity contribution is -0.129. The van der Waals surface area contributed by atoms with Gasteiger partial charge in [-0.05, 0) is 37.6 Å². The largest absolute Gasteiger partial charge is 0.338 e. The Morgan fingerprint density at radius 3 is 2.53 bits per heavy atom. The van der Waals surface area contributed by atoms with Gasteiger partial charge in [0, 0.05) is 18.3 Å². The second-order valence-corrected chi connectivity index (χ2v) is 10.7. The molecule has 0 saturated carbocycles. The van der Waals surface area contributed by atoms with Gasteiger partial charge in [0.25, 0.3) is 0 Å². The number of hydrogen-bond acceptors (Lipinski definition) is 6. The molecule has 7 nitrogen and oxygen atoms in total. The van der Waals surface area contributed by atoms with E-state index in [-0.39, 0.29) is 29.2 Å². The maximum absolute atomic E-state index is 14.5. The molecular formula is C22H23FN4O3S2. The van der Waals surface area contributed by atoms with Crippen molar-refractivity contribution >= 4 is 27.5 Å². The van der Waals surface area contributed by atoms with Crippen LogP contribution in [0.15, 0.2) is 59.8 Å². The summed E-state index contributed by atoms with van der Waals surface area (Å²) < 4.78 is 39.9. The maximum Gasteiger partial charge on any atom is 0.233 e. The average molecular weight is 475 g/mol. The second kappa shape index (κ2) is 9.41. The van der Waals surface area contributed by atoms with Gasteiger partial charge >= 0.3 is 0 Å². The standard InChI is InChI=1S/C22H23FN4O3S2/c1-2-26(17-12-13-32(29,30)15-17)20(28)14-31-22-25-24-21(18-10-6-7-11-19(18)23)27(22)16-8-4-3-5-9-16/h3-11,17H,2,12-15H2,1H3/t17-/m1/s1. The number of amides is 1. The third kappa shape index (κ3) is 4.71. The Labute approximate surface area is 190 Å². The summed E-state index contributed by atoms with van der Waals surface area (Å²) in [5.41, 5.74) is 1.06. The molecule has 2 aromatic carbocycles. The molecule has 0 bridgehead atoms. The van der Waals surface area contributed by atoms with E-state index in [9.17, 15) is 17.6 Å². The van der Waals surface area contributed by atoms with Gasteiger partial charge in [0.1, 0.15) is 5.82 Å². The molecule has 0 unspecified atom stereocenters. The molecule has 0 radical (unpaired) electrons. The Morgan fingerprint density at radius 2 is 1.88 bits per heavy atom. The summed E-state index contributed by atoms with van der Waals surface area (Å²) in [6, 6.07) is 15.4. The smallest absolute Gasteiger partial charge is 0.233 e. The molecule has 2 heterocycles. The van der Waals surface area contributed by atoms with Crippen LogP contribution in [0.5, 0.6) is 0 Å². The third-order valence-corrected chi connectivity index (χ3v) is 8.06. The highest BCUT2D eigenvalue weighted by atomic mass is 32.2. The summed E-state index contributed by atoms with van der Waals surface area (Å²) in [7, 11) is -3.09. The van der Waals surface area contributed by atoms with Crippen LogP contribution in [0.4, 0.5) is 4.39 Å². The first kappa shape index (κ1) is 22.5. The number of carbonyl (C=O) groups excluding carboxylic acids is 1.